The van der Waals surface area contributed by atoms with E-state index in [0.29, 0.717) is 24.0 Å². The summed E-state index contributed by atoms with van der Waals surface area (Å²) in [7, 11) is 0. The first-order valence-electron chi connectivity index (χ1n) is 11.0. The van der Waals surface area contributed by atoms with Crippen LogP contribution in [0.25, 0.3) is 0 Å². The summed E-state index contributed by atoms with van der Waals surface area (Å²) in [6.45, 7) is 2.07. The van der Waals surface area contributed by atoms with Crippen molar-refractivity contribution in [2.45, 2.75) is 38.8 Å². The molecule has 4 N–H and O–H groups in total. The number of amides is 3. The smallest absolute Gasteiger partial charge is 0.248 e. The molecular formula is C27H29N3O3. The van der Waals surface area contributed by atoms with Gasteiger partial charge in [-0.3, -0.25) is 14.4 Å². The van der Waals surface area contributed by atoms with E-state index in [9.17, 15) is 14.4 Å². The summed E-state index contributed by atoms with van der Waals surface area (Å²) < 4.78 is 0. The molecule has 0 bridgehead atoms. The molecule has 0 fully saturated rings. The van der Waals surface area contributed by atoms with Crippen molar-refractivity contribution in [3.8, 4) is 0 Å². The van der Waals surface area contributed by atoms with Gasteiger partial charge in [-0.15, -0.1) is 0 Å². The fraction of sp³-hybridized carbons (Fsp3) is 0.222. The van der Waals surface area contributed by atoms with E-state index < -0.39 is 11.9 Å². The summed E-state index contributed by atoms with van der Waals surface area (Å²) in [5.74, 6) is -0.951. The van der Waals surface area contributed by atoms with Crippen LogP contribution >= 0.6 is 0 Å². The molecule has 0 saturated carbocycles. The Bertz CT molecular complexity index is 1100. The standard InChI is InChI=1S/C27H29N3O3/c1-19-17-21(15-16-23(19)26(28)32)18-29-27(33)25(22-12-6-3-7-13-22)30-24(31)14-8-11-20-9-4-2-5-10-20/h2-7,9-10,12-13,15-17,25H,8,11,14,18H2,1H3,(H2,28,32)(H,29,33)(H,30,31). The molecule has 3 amide bonds. The van der Waals surface area contributed by atoms with E-state index in [4.69, 9.17) is 5.73 Å². The van der Waals surface area contributed by atoms with Crippen molar-refractivity contribution < 1.29 is 14.4 Å². The minimum absolute atomic E-state index is 0.170. The molecule has 6 heteroatoms. The van der Waals surface area contributed by atoms with Gasteiger partial charge in [0, 0.05) is 18.5 Å². The summed E-state index contributed by atoms with van der Waals surface area (Å²) >= 11 is 0. The van der Waals surface area contributed by atoms with Crippen molar-refractivity contribution in [1.29, 1.82) is 0 Å². The fourth-order valence-electron chi connectivity index (χ4n) is 3.68. The number of primary amides is 1. The van der Waals surface area contributed by atoms with Gasteiger partial charge in [-0.2, -0.15) is 0 Å². The van der Waals surface area contributed by atoms with Crippen molar-refractivity contribution in [2.24, 2.45) is 5.73 Å². The summed E-state index contributed by atoms with van der Waals surface area (Å²) in [6, 6.07) is 23.6. The normalized spacial score (nSPS) is 11.4. The van der Waals surface area contributed by atoms with E-state index in [2.05, 4.69) is 10.6 Å². The number of aryl methyl sites for hydroxylation is 2. The maximum absolute atomic E-state index is 13.0. The van der Waals surface area contributed by atoms with E-state index in [0.717, 1.165) is 17.5 Å². The molecule has 0 heterocycles. The topological polar surface area (TPSA) is 101 Å². The van der Waals surface area contributed by atoms with Gasteiger partial charge in [-0.25, -0.2) is 0 Å². The molecule has 3 rings (SSSR count). The summed E-state index contributed by atoms with van der Waals surface area (Å²) in [6.07, 6.45) is 1.83. The van der Waals surface area contributed by atoms with Crippen LogP contribution in [0.15, 0.2) is 78.9 Å². The molecule has 3 aromatic rings. The number of benzene rings is 3. The summed E-state index contributed by atoms with van der Waals surface area (Å²) in [4.78, 5) is 37.0. The molecule has 0 saturated heterocycles. The monoisotopic (exact) mass is 443 g/mol. The van der Waals surface area contributed by atoms with E-state index in [1.54, 1.807) is 19.1 Å². The van der Waals surface area contributed by atoms with Gasteiger partial charge in [-0.05, 0) is 48.1 Å². The predicted octanol–water partition coefficient (Wildman–Crippen LogP) is 3.59. The number of hydrogen-bond donors (Lipinski definition) is 3. The molecular weight excluding hydrogens is 414 g/mol. The number of nitrogens with two attached hydrogens (primary N) is 1. The van der Waals surface area contributed by atoms with Gasteiger partial charge in [0.15, 0.2) is 0 Å². The Morgan fingerprint density at radius 3 is 2.18 bits per heavy atom. The zero-order chi connectivity index (χ0) is 23.6. The quantitative estimate of drug-likeness (QED) is 0.446. The summed E-state index contributed by atoms with van der Waals surface area (Å²) in [5, 5.41) is 5.77. The lowest BCUT2D eigenvalue weighted by molar-refractivity contribution is -0.129. The Balaban J connectivity index is 1.61. The second-order valence-electron chi connectivity index (χ2n) is 7.98. The number of rotatable bonds is 10. The number of hydrogen-bond acceptors (Lipinski definition) is 3. The van der Waals surface area contributed by atoms with E-state index in [1.165, 1.54) is 5.56 Å². The largest absolute Gasteiger partial charge is 0.366 e. The van der Waals surface area contributed by atoms with Crippen LogP contribution in [-0.4, -0.2) is 17.7 Å². The minimum atomic E-state index is -0.790. The average molecular weight is 444 g/mol. The average Bonchev–Trinajstić information content (AvgIpc) is 2.82. The van der Waals surface area contributed by atoms with Crippen molar-refractivity contribution >= 4 is 17.7 Å². The fourth-order valence-corrected chi connectivity index (χ4v) is 3.68. The molecule has 1 atom stereocenters. The first kappa shape index (κ1) is 23.7. The molecule has 0 aliphatic rings. The number of carbonyl (C=O) groups is 3. The zero-order valence-electron chi connectivity index (χ0n) is 18.7. The molecule has 0 aromatic heterocycles. The van der Waals surface area contributed by atoms with Crippen LogP contribution in [0.2, 0.25) is 0 Å². The van der Waals surface area contributed by atoms with Crippen LogP contribution in [0, 0.1) is 6.92 Å². The highest BCUT2D eigenvalue weighted by Crippen LogP contribution is 2.15. The Morgan fingerprint density at radius 1 is 0.879 bits per heavy atom. The zero-order valence-corrected chi connectivity index (χ0v) is 18.7. The maximum atomic E-state index is 13.0. The van der Waals surface area contributed by atoms with Crippen LogP contribution in [0.1, 0.15) is 51.5 Å². The van der Waals surface area contributed by atoms with Gasteiger partial charge >= 0.3 is 0 Å². The van der Waals surface area contributed by atoms with Crippen LogP contribution < -0.4 is 16.4 Å². The van der Waals surface area contributed by atoms with Crippen LogP contribution in [0.3, 0.4) is 0 Å². The second kappa shape index (κ2) is 11.6. The van der Waals surface area contributed by atoms with Crippen LogP contribution in [0.5, 0.6) is 0 Å². The predicted molar refractivity (Wildman–Crippen MR) is 128 cm³/mol. The third kappa shape index (κ3) is 7.04. The van der Waals surface area contributed by atoms with Gasteiger partial charge in [0.25, 0.3) is 0 Å². The van der Waals surface area contributed by atoms with Crippen LogP contribution in [0.4, 0.5) is 0 Å². The van der Waals surface area contributed by atoms with Crippen molar-refractivity contribution in [2.75, 3.05) is 0 Å². The van der Waals surface area contributed by atoms with E-state index in [-0.39, 0.29) is 18.4 Å². The van der Waals surface area contributed by atoms with E-state index >= 15 is 0 Å². The SMILES string of the molecule is Cc1cc(CNC(=O)C(NC(=O)CCCc2ccccc2)c2ccccc2)ccc1C(N)=O. The molecule has 0 aliphatic heterocycles. The van der Waals surface area contributed by atoms with Crippen molar-refractivity contribution in [3.05, 3.63) is 107 Å². The Labute approximate surface area is 194 Å². The van der Waals surface area contributed by atoms with Gasteiger partial charge < -0.3 is 16.4 Å². The lowest BCUT2D eigenvalue weighted by Gasteiger charge is -2.19. The van der Waals surface area contributed by atoms with Gasteiger partial charge in [0.05, 0.1) is 0 Å². The second-order valence-corrected chi connectivity index (χ2v) is 7.98. The highest BCUT2D eigenvalue weighted by atomic mass is 16.2. The molecule has 0 spiro atoms. The summed E-state index contributed by atoms with van der Waals surface area (Å²) in [5.41, 5.74) is 9.30. The first-order valence-corrected chi connectivity index (χ1v) is 11.0. The lowest BCUT2D eigenvalue weighted by Crippen LogP contribution is -2.40. The Hall–Kier alpha value is -3.93. The molecule has 6 nitrogen and oxygen atoms in total. The first-order chi connectivity index (χ1) is 15.9. The molecule has 0 aliphatic carbocycles. The van der Waals surface area contributed by atoms with Gasteiger partial charge in [0.2, 0.25) is 17.7 Å². The minimum Gasteiger partial charge on any atom is -0.366 e. The lowest BCUT2D eigenvalue weighted by atomic mass is 10.0. The van der Waals surface area contributed by atoms with Gasteiger partial charge in [0.1, 0.15) is 6.04 Å². The van der Waals surface area contributed by atoms with Crippen molar-refractivity contribution in [3.63, 3.8) is 0 Å². The highest BCUT2D eigenvalue weighted by Gasteiger charge is 2.22. The van der Waals surface area contributed by atoms with Crippen molar-refractivity contribution in [1.82, 2.24) is 10.6 Å². The molecule has 0 radical (unpaired) electrons. The number of carbonyl (C=O) groups excluding carboxylic acids is 3. The van der Waals surface area contributed by atoms with E-state index in [1.807, 2.05) is 66.7 Å². The van der Waals surface area contributed by atoms with Crippen LogP contribution in [-0.2, 0) is 22.6 Å². The molecule has 1 unspecified atom stereocenters. The number of nitrogens with one attached hydrogen (secondary N) is 2. The highest BCUT2D eigenvalue weighted by molar-refractivity contribution is 5.94. The maximum Gasteiger partial charge on any atom is 0.248 e. The molecule has 3 aromatic carbocycles. The Morgan fingerprint density at radius 2 is 1.55 bits per heavy atom. The van der Waals surface area contributed by atoms with Gasteiger partial charge in [-0.1, -0.05) is 72.8 Å². The Kier molecular flexibility index (Phi) is 8.36. The molecule has 33 heavy (non-hydrogen) atoms. The third-order valence-electron chi connectivity index (χ3n) is 5.44. The molecule has 170 valence electrons. The third-order valence-corrected chi connectivity index (χ3v) is 5.44.